The van der Waals surface area contributed by atoms with E-state index in [9.17, 15) is 9.59 Å². The van der Waals surface area contributed by atoms with Crippen LogP contribution in [-0.2, 0) is 9.59 Å². The number of aliphatic carboxylic acids is 1. The fourth-order valence-electron chi connectivity index (χ4n) is 1.91. The van der Waals surface area contributed by atoms with Crippen molar-refractivity contribution in [1.82, 2.24) is 9.88 Å². The number of carboxylic acid groups (broad SMARTS) is 1. The first-order valence-electron chi connectivity index (χ1n) is 6.70. The van der Waals surface area contributed by atoms with Crippen LogP contribution in [0, 0.1) is 5.92 Å². The molecule has 106 valence electrons. The van der Waals surface area contributed by atoms with Gasteiger partial charge in [0.15, 0.2) is 0 Å². The molecule has 0 aliphatic heterocycles. The van der Waals surface area contributed by atoms with E-state index in [-0.39, 0.29) is 18.5 Å². The minimum atomic E-state index is -0.878. The fourth-order valence-corrected chi connectivity index (χ4v) is 1.91. The number of pyridine rings is 1. The Kier molecular flexibility index (Phi) is 4.50. The van der Waals surface area contributed by atoms with E-state index in [2.05, 4.69) is 4.98 Å². The number of hydrogen-bond acceptors (Lipinski definition) is 3. The van der Waals surface area contributed by atoms with Crippen LogP contribution in [0.4, 0.5) is 0 Å². The summed E-state index contributed by atoms with van der Waals surface area (Å²) in [6, 6.07) is 5.66. The average Bonchev–Trinajstić information content (AvgIpc) is 3.27. The van der Waals surface area contributed by atoms with Crippen LogP contribution in [0.1, 0.15) is 25.5 Å². The molecular formula is C15H18N2O3. The maximum absolute atomic E-state index is 12.2. The van der Waals surface area contributed by atoms with Crippen LogP contribution in [0.25, 0.3) is 6.08 Å². The lowest BCUT2D eigenvalue weighted by Gasteiger charge is -2.22. The monoisotopic (exact) mass is 274 g/mol. The molecule has 1 N–H and O–H groups in total. The van der Waals surface area contributed by atoms with E-state index in [0.717, 1.165) is 12.8 Å². The van der Waals surface area contributed by atoms with Crippen LogP contribution in [-0.4, -0.2) is 39.5 Å². The van der Waals surface area contributed by atoms with E-state index >= 15 is 0 Å². The van der Waals surface area contributed by atoms with E-state index in [1.807, 2.05) is 18.2 Å². The molecule has 1 aliphatic carbocycles. The number of amides is 1. The number of nitrogens with zero attached hydrogens (tertiary/aromatic N) is 2. The first-order valence-corrected chi connectivity index (χ1v) is 6.70. The summed E-state index contributed by atoms with van der Waals surface area (Å²) in [5.41, 5.74) is 0.711. The van der Waals surface area contributed by atoms with Crippen molar-refractivity contribution in [2.24, 2.45) is 5.92 Å². The highest BCUT2D eigenvalue weighted by Crippen LogP contribution is 2.28. The smallest absolute Gasteiger partial charge is 0.308 e. The van der Waals surface area contributed by atoms with Gasteiger partial charge in [0.2, 0.25) is 5.91 Å². The van der Waals surface area contributed by atoms with E-state index < -0.39 is 11.9 Å². The third-order valence-corrected chi connectivity index (χ3v) is 3.25. The van der Waals surface area contributed by atoms with Crippen LogP contribution < -0.4 is 0 Å². The molecule has 1 atom stereocenters. The minimum absolute atomic E-state index is 0.147. The Hall–Kier alpha value is -2.17. The first kappa shape index (κ1) is 14.2. The third kappa shape index (κ3) is 3.91. The van der Waals surface area contributed by atoms with Crippen LogP contribution in [0.15, 0.2) is 30.5 Å². The van der Waals surface area contributed by atoms with E-state index in [1.165, 1.54) is 6.08 Å². The number of carboxylic acids is 1. The Morgan fingerprint density at radius 1 is 1.50 bits per heavy atom. The molecule has 5 heteroatoms. The zero-order valence-corrected chi connectivity index (χ0v) is 11.4. The highest BCUT2D eigenvalue weighted by molar-refractivity contribution is 5.92. The third-order valence-electron chi connectivity index (χ3n) is 3.25. The van der Waals surface area contributed by atoms with E-state index in [4.69, 9.17) is 5.11 Å². The highest BCUT2D eigenvalue weighted by Gasteiger charge is 2.33. The van der Waals surface area contributed by atoms with Gasteiger partial charge in [-0.15, -0.1) is 0 Å². The van der Waals surface area contributed by atoms with Crippen molar-refractivity contribution in [1.29, 1.82) is 0 Å². The molecule has 5 nitrogen and oxygen atoms in total. The molecule has 1 aromatic rings. The van der Waals surface area contributed by atoms with Crippen molar-refractivity contribution in [2.75, 3.05) is 6.54 Å². The SMILES string of the molecule is C[C@H](CN(C(=O)/C=C/c1ccccn1)C1CC1)C(=O)O. The van der Waals surface area contributed by atoms with Gasteiger partial charge in [-0.25, -0.2) is 0 Å². The largest absolute Gasteiger partial charge is 0.481 e. The number of carbonyl (C=O) groups is 2. The Morgan fingerprint density at radius 3 is 2.80 bits per heavy atom. The Morgan fingerprint density at radius 2 is 2.25 bits per heavy atom. The van der Waals surface area contributed by atoms with Gasteiger partial charge in [-0.2, -0.15) is 0 Å². The second-order valence-corrected chi connectivity index (χ2v) is 5.05. The van der Waals surface area contributed by atoms with Crippen molar-refractivity contribution in [3.63, 3.8) is 0 Å². The number of rotatable bonds is 6. The quantitative estimate of drug-likeness (QED) is 0.803. The lowest BCUT2D eigenvalue weighted by Crippen LogP contribution is -2.37. The van der Waals surface area contributed by atoms with Gasteiger partial charge in [0.1, 0.15) is 0 Å². The zero-order valence-electron chi connectivity index (χ0n) is 11.4. The topological polar surface area (TPSA) is 70.5 Å². The maximum atomic E-state index is 12.2. The molecule has 1 fully saturated rings. The molecule has 0 spiro atoms. The number of carbonyl (C=O) groups excluding carboxylic acids is 1. The van der Waals surface area contributed by atoms with Crippen LogP contribution in [0.3, 0.4) is 0 Å². The summed E-state index contributed by atoms with van der Waals surface area (Å²) in [5.74, 6) is -1.58. The summed E-state index contributed by atoms with van der Waals surface area (Å²) in [4.78, 5) is 28.8. The van der Waals surface area contributed by atoms with Crippen LogP contribution in [0.5, 0.6) is 0 Å². The van der Waals surface area contributed by atoms with Gasteiger partial charge in [0.05, 0.1) is 11.6 Å². The summed E-state index contributed by atoms with van der Waals surface area (Å²) in [5, 5.41) is 8.96. The fraction of sp³-hybridized carbons (Fsp3) is 0.400. The van der Waals surface area contributed by atoms with E-state index in [1.54, 1.807) is 24.1 Å². The molecule has 20 heavy (non-hydrogen) atoms. The summed E-state index contributed by atoms with van der Waals surface area (Å²) in [6.07, 6.45) is 6.69. The number of aromatic nitrogens is 1. The maximum Gasteiger partial charge on any atom is 0.308 e. The molecular weight excluding hydrogens is 256 g/mol. The molecule has 0 saturated heterocycles. The highest BCUT2D eigenvalue weighted by atomic mass is 16.4. The summed E-state index contributed by atoms with van der Waals surface area (Å²) in [7, 11) is 0. The lowest BCUT2D eigenvalue weighted by molar-refractivity contribution is -0.142. The van der Waals surface area contributed by atoms with Gasteiger partial charge < -0.3 is 10.0 Å². The van der Waals surface area contributed by atoms with Crippen molar-refractivity contribution in [3.05, 3.63) is 36.2 Å². The molecule has 1 amide bonds. The second kappa shape index (κ2) is 6.32. The van der Waals surface area contributed by atoms with Crippen LogP contribution >= 0.6 is 0 Å². The molecule has 0 aromatic carbocycles. The minimum Gasteiger partial charge on any atom is -0.481 e. The summed E-state index contributed by atoms with van der Waals surface area (Å²) in [6.45, 7) is 1.87. The van der Waals surface area contributed by atoms with Crippen LogP contribution in [0.2, 0.25) is 0 Å². The zero-order chi connectivity index (χ0) is 14.5. The number of hydrogen-bond donors (Lipinski definition) is 1. The molecule has 0 unspecified atom stereocenters. The molecule has 1 saturated carbocycles. The van der Waals surface area contributed by atoms with Crippen molar-refractivity contribution >= 4 is 18.0 Å². The standard InChI is InChI=1S/C15H18N2O3/c1-11(15(19)20)10-17(13-6-7-13)14(18)8-5-12-4-2-3-9-16-12/h2-5,8-9,11,13H,6-7,10H2,1H3,(H,19,20)/b8-5+/t11-/m1/s1. The van der Waals surface area contributed by atoms with Gasteiger partial charge in [-0.1, -0.05) is 13.0 Å². The van der Waals surface area contributed by atoms with Gasteiger partial charge in [0.25, 0.3) is 0 Å². The second-order valence-electron chi connectivity index (χ2n) is 5.05. The van der Waals surface area contributed by atoms with E-state index in [0.29, 0.717) is 5.69 Å². The molecule has 1 heterocycles. The van der Waals surface area contributed by atoms with Gasteiger partial charge in [-0.3, -0.25) is 14.6 Å². The van der Waals surface area contributed by atoms with Gasteiger partial charge in [0, 0.05) is 24.9 Å². The Balaban J connectivity index is 2.00. The molecule has 1 aliphatic rings. The molecule has 0 bridgehead atoms. The lowest BCUT2D eigenvalue weighted by atomic mass is 10.1. The van der Waals surface area contributed by atoms with Gasteiger partial charge >= 0.3 is 5.97 Å². The normalized spacial score (nSPS) is 16.1. The first-order chi connectivity index (χ1) is 9.58. The molecule has 0 radical (unpaired) electrons. The van der Waals surface area contributed by atoms with Gasteiger partial charge in [-0.05, 0) is 31.1 Å². The molecule has 2 rings (SSSR count). The Labute approximate surface area is 117 Å². The van der Waals surface area contributed by atoms with Crippen molar-refractivity contribution < 1.29 is 14.7 Å². The summed E-state index contributed by atoms with van der Waals surface area (Å²) < 4.78 is 0. The Bertz CT molecular complexity index is 509. The predicted molar refractivity (Wildman–Crippen MR) is 74.8 cm³/mol. The summed E-state index contributed by atoms with van der Waals surface area (Å²) >= 11 is 0. The van der Waals surface area contributed by atoms with Crippen molar-refractivity contribution in [3.8, 4) is 0 Å². The predicted octanol–water partition coefficient (Wildman–Crippen LogP) is 1.81. The van der Waals surface area contributed by atoms with Crippen molar-refractivity contribution in [2.45, 2.75) is 25.8 Å². The molecule has 1 aromatic heterocycles. The average molecular weight is 274 g/mol.